The van der Waals surface area contributed by atoms with Crippen molar-refractivity contribution in [2.75, 3.05) is 13.6 Å². The molecule has 0 aliphatic heterocycles. The average molecular weight is 362 g/mol. The molecule has 0 spiro atoms. The van der Waals surface area contributed by atoms with Crippen LogP contribution in [0.25, 0.3) is 0 Å². The van der Waals surface area contributed by atoms with Crippen molar-refractivity contribution in [3.05, 3.63) is 35.4 Å². The lowest BCUT2D eigenvalue weighted by molar-refractivity contribution is -0.119. The highest BCUT2D eigenvalue weighted by atomic mass is 35.5. The molecule has 1 aromatic rings. The average Bonchev–Trinajstić information content (AvgIpc) is 2.54. The van der Waals surface area contributed by atoms with Crippen molar-refractivity contribution in [3.63, 3.8) is 0 Å². The Balaban J connectivity index is 0.00000242. The lowest BCUT2D eigenvalue weighted by Crippen LogP contribution is -2.34. The fourth-order valence-corrected chi connectivity index (χ4v) is 3.07. The van der Waals surface area contributed by atoms with E-state index in [4.69, 9.17) is 5.73 Å². The molecule has 0 unspecified atom stereocenters. The third kappa shape index (κ3) is 7.08. The Labute approximate surface area is 152 Å². The number of benzene rings is 1. The number of halogens is 2. The quantitative estimate of drug-likeness (QED) is 0.818. The maximum absolute atomic E-state index is 11.3. The molecule has 1 aromatic carbocycles. The number of hydrogen-bond acceptors (Lipinski definition) is 3. The van der Waals surface area contributed by atoms with Gasteiger partial charge in [0.2, 0.25) is 5.91 Å². The summed E-state index contributed by atoms with van der Waals surface area (Å²) in [6.45, 7) is 1.55. The number of hydrogen-bond donors (Lipinski definition) is 2. The van der Waals surface area contributed by atoms with Crippen molar-refractivity contribution in [1.82, 2.24) is 10.2 Å². The van der Waals surface area contributed by atoms with Crippen LogP contribution in [0.15, 0.2) is 24.3 Å². The number of amides is 1. The molecule has 1 amide bonds. The number of carbonyl (C=O) groups excluding carboxylic acids is 1. The monoisotopic (exact) mass is 361 g/mol. The van der Waals surface area contributed by atoms with Gasteiger partial charge in [0, 0.05) is 19.1 Å². The van der Waals surface area contributed by atoms with Crippen LogP contribution >= 0.6 is 24.8 Å². The highest BCUT2D eigenvalue weighted by Gasteiger charge is 2.18. The Kier molecular flexibility index (Phi) is 11.3. The Morgan fingerprint density at radius 3 is 2.39 bits per heavy atom. The lowest BCUT2D eigenvalue weighted by Gasteiger charge is -2.31. The van der Waals surface area contributed by atoms with Crippen molar-refractivity contribution < 1.29 is 4.79 Å². The van der Waals surface area contributed by atoms with Gasteiger partial charge in [-0.05, 0) is 31.0 Å². The first-order chi connectivity index (χ1) is 10.2. The molecule has 0 bridgehead atoms. The number of nitrogens with two attached hydrogens (primary N) is 1. The van der Waals surface area contributed by atoms with Gasteiger partial charge < -0.3 is 11.1 Å². The molecule has 0 atom stereocenters. The highest BCUT2D eigenvalue weighted by molar-refractivity contribution is 5.85. The molecule has 2 rings (SSSR count). The number of nitrogens with one attached hydrogen (secondary N) is 1. The summed E-state index contributed by atoms with van der Waals surface area (Å²) in [6.07, 6.45) is 6.70. The van der Waals surface area contributed by atoms with Gasteiger partial charge in [0.05, 0.1) is 6.54 Å². The van der Waals surface area contributed by atoms with Crippen LogP contribution in [0.5, 0.6) is 0 Å². The fourth-order valence-electron chi connectivity index (χ4n) is 3.07. The molecule has 4 nitrogen and oxygen atoms in total. The molecular formula is C17H29Cl2N3O. The standard InChI is InChI=1S/C17H27N3O.2ClH/c1-20(16-9-3-2-4-10-16)13-15-8-6-5-7-14(15)12-19-17(21)11-18;;/h5-8,16H,2-4,9-13,18H2,1H3,(H,19,21);2*1H. The van der Waals surface area contributed by atoms with Crippen molar-refractivity contribution >= 4 is 30.7 Å². The van der Waals surface area contributed by atoms with Gasteiger partial charge >= 0.3 is 0 Å². The summed E-state index contributed by atoms with van der Waals surface area (Å²) in [4.78, 5) is 13.8. The van der Waals surface area contributed by atoms with Crippen LogP contribution in [0.3, 0.4) is 0 Å². The van der Waals surface area contributed by atoms with E-state index in [1.807, 2.05) is 6.07 Å². The molecule has 6 heteroatoms. The summed E-state index contributed by atoms with van der Waals surface area (Å²) < 4.78 is 0. The molecule has 1 fully saturated rings. The van der Waals surface area contributed by atoms with Crippen molar-refractivity contribution in [1.29, 1.82) is 0 Å². The SMILES string of the molecule is CN(Cc1ccccc1CNC(=O)CN)C1CCCCC1.Cl.Cl. The first-order valence-electron chi connectivity index (χ1n) is 7.94. The predicted molar refractivity (Wildman–Crippen MR) is 100 cm³/mol. The maximum atomic E-state index is 11.3. The van der Waals surface area contributed by atoms with Crippen LogP contribution < -0.4 is 11.1 Å². The van der Waals surface area contributed by atoms with Gasteiger partial charge in [-0.3, -0.25) is 9.69 Å². The molecule has 0 aromatic heterocycles. The van der Waals surface area contributed by atoms with Gasteiger partial charge in [-0.25, -0.2) is 0 Å². The minimum Gasteiger partial charge on any atom is -0.351 e. The summed E-state index contributed by atoms with van der Waals surface area (Å²) in [5.74, 6) is -0.106. The summed E-state index contributed by atoms with van der Waals surface area (Å²) in [5.41, 5.74) is 7.81. The normalized spacial score (nSPS) is 14.7. The van der Waals surface area contributed by atoms with Crippen LogP contribution in [0.4, 0.5) is 0 Å². The maximum Gasteiger partial charge on any atom is 0.234 e. The van der Waals surface area contributed by atoms with Gasteiger partial charge in [-0.2, -0.15) is 0 Å². The molecule has 0 saturated heterocycles. The molecule has 1 saturated carbocycles. The molecule has 1 aliphatic rings. The zero-order valence-electron chi connectivity index (χ0n) is 13.8. The van der Waals surface area contributed by atoms with Crippen molar-refractivity contribution in [2.45, 2.75) is 51.2 Å². The van der Waals surface area contributed by atoms with Crippen LogP contribution in [0.2, 0.25) is 0 Å². The van der Waals surface area contributed by atoms with E-state index in [0.29, 0.717) is 12.6 Å². The smallest absolute Gasteiger partial charge is 0.234 e. The molecule has 1 aliphatic carbocycles. The summed E-state index contributed by atoms with van der Waals surface area (Å²) in [7, 11) is 2.21. The Bertz CT molecular complexity index is 465. The Morgan fingerprint density at radius 1 is 1.17 bits per heavy atom. The largest absolute Gasteiger partial charge is 0.351 e. The number of carbonyl (C=O) groups is 1. The fraction of sp³-hybridized carbons (Fsp3) is 0.588. The van der Waals surface area contributed by atoms with Gasteiger partial charge in [-0.15, -0.1) is 24.8 Å². The summed E-state index contributed by atoms with van der Waals surface area (Å²) >= 11 is 0. The van der Waals surface area contributed by atoms with Gasteiger partial charge in [0.25, 0.3) is 0 Å². The Morgan fingerprint density at radius 2 is 1.78 bits per heavy atom. The zero-order valence-corrected chi connectivity index (χ0v) is 15.4. The molecule has 23 heavy (non-hydrogen) atoms. The Hall–Kier alpha value is -0.810. The van der Waals surface area contributed by atoms with E-state index in [9.17, 15) is 4.79 Å². The first kappa shape index (κ1) is 22.2. The first-order valence-corrected chi connectivity index (χ1v) is 7.94. The second-order valence-electron chi connectivity index (χ2n) is 5.96. The van der Waals surface area contributed by atoms with Crippen LogP contribution in [0.1, 0.15) is 43.2 Å². The molecule has 0 radical (unpaired) electrons. The van der Waals surface area contributed by atoms with Crippen LogP contribution in [0, 0.1) is 0 Å². The number of nitrogens with zero attached hydrogens (tertiary/aromatic N) is 1. The molecule has 132 valence electrons. The minimum atomic E-state index is -0.106. The van der Waals surface area contributed by atoms with E-state index in [1.54, 1.807) is 0 Å². The van der Waals surface area contributed by atoms with Crippen LogP contribution in [-0.2, 0) is 17.9 Å². The third-order valence-electron chi connectivity index (χ3n) is 4.40. The van der Waals surface area contributed by atoms with Crippen molar-refractivity contribution in [2.24, 2.45) is 5.73 Å². The van der Waals surface area contributed by atoms with Gasteiger partial charge in [0.15, 0.2) is 0 Å². The third-order valence-corrected chi connectivity index (χ3v) is 4.40. The van der Waals surface area contributed by atoms with E-state index in [1.165, 1.54) is 43.2 Å². The summed E-state index contributed by atoms with van der Waals surface area (Å²) in [5, 5.41) is 2.86. The van der Waals surface area contributed by atoms with E-state index in [2.05, 4.69) is 35.5 Å². The van der Waals surface area contributed by atoms with E-state index in [-0.39, 0.29) is 37.3 Å². The lowest BCUT2D eigenvalue weighted by atomic mass is 9.94. The molecule has 3 N–H and O–H groups in total. The topological polar surface area (TPSA) is 58.4 Å². The predicted octanol–water partition coefficient (Wildman–Crippen LogP) is 2.87. The molecular weight excluding hydrogens is 333 g/mol. The van der Waals surface area contributed by atoms with Crippen molar-refractivity contribution in [3.8, 4) is 0 Å². The van der Waals surface area contributed by atoms with E-state index >= 15 is 0 Å². The second-order valence-corrected chi connectivity index (χ2v) is 5.96. The molecule has 0 heterocycles. The van der Waals surface area contributed by atoms with Crippen LogP contribution in [-0.4, -0.2) is 30.4 Å². The van der Waals surface area contributed by atoms with Gasteiger partial charge in [-0.1, -0.05) is 43.5 Å². The van der Waals surface area contributed by atoms with Gasteiger partial charge in [0.1, 0.15) is 0 Å². The number of rotatable bonds is 6. The summed E-state index contributed by atoms with van der Waals surface area (Å²) in [6, 6.07) is 9.03. The minimum absolute atomic E-state index is 0. The highest BCUT2D eigenvalue weighted by Crippen LogP contribution is 2.23. The van der Waals surface area contributed by atoms with E-state index < -0.39 is 0 Å². The van der Waals surface area contributed by atoms with E-state index in [0.717, 1.165) is 6.54 Å². The zero-order chi connectivity index (χ0) is 15.1. The second kappa shape index (κ2) is 11.7.